The number of benzene rings is 3. The minimum absolute atomic E-state index is 0.121. The van der Waals surface area contributed by atoms with Crippen LogP contribution in [0.1, 0.15) is 61.9 Å². The molecule has 1 N–H and O–H groups in total. The summed E-state index contributed by atoms with van der Waals surface area (Å²) < 4.78 is 13.9. The van der Waals surface area contributed by atoms with Gasteiger partial charge in [-0.2, -0.15) is 4.98 Å². The van der Waals surface area contributed by atoms with Crippen molar-refractivity contribution in [2.45, 2.75) is 58.6 Å². The molecule has 2 heterocycles. The number of aromatic nitrogens is 6. The van der Waals surface area contributed by atoms with Gasteiger partial charge in [-0.15, -0.1) is 5.10 Å². The standard InChI is InChI=1S/C32H34N6O3/c1-3-40-32-33-28-15-9-14-27(31(39)41-21(2)23-10-5-4-6-11-23)29(28)38(32)20-22-16-18-24(19-17-22)25-12-7-8-13-26(25)30-34-36-37-35-30/h7-9,12-19,21,23H,3-6,10-11,20H2,1-2H3,(H,34,35,36,37). The van der Waals surface area contributed by atoms with Crippen molar-refractivity contribution in [2.75, 3.05) is 6.61 Å². The lowest BCUT2D eigenvalue weighted by Crippen LogP contribution is -2.26. The monoisotopic (exact) mass is 550 g/mol. The summed E-state index contributed by atoms with van der Waals surface area (Å²) in [6.45, 7) is 4.91. The second-order valence-electron chi connectivity index (χ2n) is 10.6. The molecular weight excluding hydrogens is 516 g/mol. The number of carbonyl (C=O) groups excluding carboxylic acids is 1. The summed E-state index contributed by atoms with van der Waals surface area (Å²) in [5.41, 5.74) is 5.99. The number of imidazole rings is 1. The van der Waals surface area contributed by atoms with E-state index in [9.17, 15) is 4.79 Å². The number of rotatable bonds is 9. The van der Waals surface area contributed by atoms with Gasteiger partial charge in [-0.3, -0.25) is 4.57 Å². The van der Waals surface area contributed by atoms with E-state index in [4.69, 9.17) is 14.5 Å². The molecular formula is C32H34N6O3. The number of ether oxygens (including phenoxy) is 2. The fourth-order valence-corrected chi connectivity index (χ4v) is 5.83. The van der Waals surface area contributed by atoms with Crippen LogP contribution in [-0.4, -0.2) is 48.9 Å². The Morgan fingerprint density at radius 1 is 1.00 bits per heavy atom. The number of fused-ring (bicyclic) bond motifs is 1. The zero-order chi connectivity index (χ0) is 28.2. The molecule has 9 heteroatoms. The van der Waals surface area contributed by atoms with E-state index < -0.39 is 0 Å². The molecule has 41 heavy (non-hydrogen) atoms. The normalized spacial score (nSPS) is 14.7. The molecule has 0 aliphatic heterocycles. The fourth-order valence-electron chi connectivity index (χ4n) is 5.83. The highest BCUT2D eigenvalue weighted by molar-refractivity contribution is 6.02. The van der Waals surface area contributed by atoms with Crippen LogP contribution in [0.5, 0.6) is 6.01 Å². The van der Waals surface area contributed by atoms with E-state index in [1.54, 1.807) is 0 Å². The average Bonchev–Trinajstić information content (AvgIpc) is 3.67. The Kier molecular flexibility index (Phi) is 7.75. The summed E-state index contributed by atoms with van der Waals surface area (Å²) in [5, 5.41) is 14.4. The Balaban J connectivity index is 1.30. The third kappa shape index (κ3) is 5.57. The lowest BCUT2D eigenvalue weighted by Gasteiger charge is -2.27. The topological polar surface area (TPSA) is 108 Å². The van der Waals surface area contributed by atoms with E-state index in [1.807, 2.05) is 54.8 Å². The van der Waals surface area contributed by atoms with Crippen LogP contribution in [0.2, 0.25) is 0 Å². The smallest absolute Gasteiger partial charge is 0.340 e. The molecule has 2 aromatic heterocycles. The number of para-hydroxylation sites is 1. The van der Waals surface area contributed by atoms with Gasteiger partial charge in [0.25, 0.3) is 6.01 Å². The molecule has 9 nitrogen and oxygen atoms in total. The van der Waals surface area contributed by atoms with Gasteiger partial charge in [-0.25, -0.2) is 9.89 Å². The first kappa shape index (κ1) is 26.7. The second kappa shape index (κ2) is 11.9. The van der Waals surface area contributed by atoms with Crippen molar-refractivity contribution < 1.29 is 14.3 Å². The maximum atomic E-state index is 13.5. The lowest BCUT2D eigenvalue weighted by atomic mass is 9.86. The summed E-state index contributed by atoms with van der Waals surface area (Å²) in [6.07, 6.45) is 5.77. The molecule has 1 aliphatic rings. The van der Waals surface area contributed by atoms with Crippen LogP contribution >= 0.6 is 0 Å². The van der Waals surface area contributed by atoms with Crippen molar-refractivity contribution in [3.05, 3.63) is 77.9 Å². The first-order valence-electron chi connectivity index (χ1n) is 14.4. The molecule has 1 unspecified atom stereocenters. The van der Waals surface area contributed by atoms with Crippen molar-refractivity contribution in [3.8, 4) is 28.5 Å². The molecule has 3 aromatic carbocycles. The number of hydrogen-bond donors (Lipinski definition) is 1. The number of aromatic amines is 1. The number of carbonyl (C=O) groups is 1. The number of H-pyrrole nitrogens is 1. The quantitative estimate of drug-likeness (QED) is 0.210. The van der Waals surface area contributed by atoms with Crippen LogP contribution in [0, 0.1) is 5.92 Å². The Labute approximate surface area is 238 Å². The predicted octanol–water partition coefficient (Wildman–Crippen LogP) is 6.46. The van der Waals surface area contributed by atoms with Gasteiger partial charge in [0.05, 0.1) is 29.7 Å². The SMILES string of the molecule is CCOc1nc2cccc(C(=O)OC(C)C3CCCCC3)c2n1Cc1ccc(-c2ccccc2-c2nnn[nH]2)cc1. The van der Waals surface area contributed by atoms with Crippen LogP contribution < -0.4 is 4.74 Å². The van der Waals surface area contributed by atoms with Gasteiger partial charge in [0, 0.05) is 5.56 Å². The molecule has 0 saturated heterocycles. The molecule has 1 atom stereocenters. The molecule has 1 aliphatic carbocycles. The summed E-state index contributed by atoms with van der Waals surface area (Å²) >= 11 is 0. The zero-order valence-corrected chi connectivity index (χ0v) is 23.4. The van der Waals surface area contributed by atoms with Gasteiger partial charge in [0.2, 0.25) is 0 Å². The number of nitrogens with one attached hydrogen (secondary N) is 1. The van der Waals surface area contributed by atoms with E-state index in [2.05, 4.69) is 51.0 Å². The lowest BCUT2D eigenvalue weighted by molar-refractivity contribution is 0.0143. The first-order chi connectivity index (χ1) is 20.1. The van der Waals surface area contributed by atoms with Crippen LogP contribution in [-0.2, 0) is 11.3 Å². The second-order valence-corrected chi connectivity index (χ2v) is 10.6. The van der Waals surface area contributed by atoms with Crippen molar-refractivity contribution >= 4 is 17.0 Å². The molecule has 210 valence electrons. The van der Waals surface area contributed by atoms with Gasteiger partial charge >= 0.3 is 5.97 Å². The third-order valence-corrected chi connectivity index (χ3v) is 7.96. The Morgan fingerprint density at radius 3 is 2.51 bits per heavy atom. The van der Waals surface area contributed by atoms with Crippen molar-refractivity contribution in [1.29, 1.82) is 0 Å². The van der Waals surface area contributed by atoms with Crippen LogP contribution in [0.25, 0.3) is 33.5 Å². The van der Waals surface area contributed by atoms with E-state index in [1.165, 1.54) is 19.3 Å². The molecule has 1 fully saturated rings. The largest absolute Gasteiger partial charge is 0.465 e. The van der Waals surface area contributed by atoms with Gasteiger partial charge in [-0.05, 0) is 71.9 Å². The highest BCUT2D eigenvalue weighted by atomic mass is 16.5. The van der Waals surface area contributed by atoms with Gasteiger partial charge in [-0.1, -0.05) is 73.9 Å². The summed E-state index contributed by atoms with van der Waals surface area (Å²) in [6, 6.07) is 22.4. The van der Waals surface area contributed by atoms with Crippen molar-refractivity contribution in [2.24, 2.45) is 5.92 Å². The third-order valence-electron chi connectivity index (χ3n) is 7.96. The van der Waals surface area contributed by atoms with E-state index in [0.29, 0.717) is 42.0 Å². The maximum Gasteiger partial charge on any atom is 0.340 e. The Morgan fingerprint density at radius 2 is 1.78 bits per heavy atom. The molecule has 0 amide bonds. The summed E-state index contributed by atoms with van der Waals surface area (Å²) in [5.74, 6) is 0.722. The molecule has 1 saturated carbocycles. The van der Waals surface area contributed by atoms with Crippen molar-refractivity contribution in [3.63, 3.8) is 0 Å². The highest BCUT2D eigenvalue weighted by Crippen LogP contribution is 2.32. The highest BCUT2D eigenvalue weighted by Gasteiger charge is 2.26. The molecule has 0 radical (unpaired) electrons. The number of nitrogens with zero attached hydrogens (tertiary/aromatic N) is 5. The van der Waals surface area contributed by atoms with Crippen LogP contribution in [0.4, 0.5) is 0 Å². The zero-order valence-electron chi connectivity index (χ0n) is 23.4. The number of tetrazole rings is 1. The Hall–Kier alpha value is -4.53. The fraction of sp³-hybridized carbons (Fsp3) is 0.344. The molecule has 0 spiro atoms. The molecule has 0 bridgehead atoms. The minimum Gasteiger partial charge on any atom is -0.465 e. The predicted molar refractivity (Wildman–Crippen MR) is 157 cm³/mol. The average molecular weight is 551 g/mol. The van der Waals surface area contributed by atoms with Gasteiger partial charge in [0.15, 0.2) is 5.82 Å². The molecule has 6 rings (SSSR count). The van der Waals surface area contributed by atoms with Crippen molar-refractivity contribution in [1.82, 2.24) is 30.2 Å². The molecule has 5 aromatic rings. The first-order valence-corrected chi connectivity index (χ1v) is 14.4. The van der Waals surface area contributed by atoms with E-state index >= 15 is 0 Å². The summed E-state index contributed by atoms with van der Waals surface area (Å²) in [7, 11) is 0. The number of esters is 1. The number of hydrogen-bond acceptors (Lipinski definition) is 7. The Bertz CT molecular complexity index is 1620. The van der Waals surface area contributed by atoms with E-state index in [-0.39, 0.29) is 12.1 Å². The summed E-state index contributed by atoms with van der Waals surface area (Å²) in [4.78, 5) is 18.2. The maximum absolute atomic E-state index is 13.5. The van der Waals surface area contributed by atoms with Crippen LogP contribution in [0.15, 0.2) is 66.7 Å². The van der Waals surface area contributed by atoms with Crippen LogP contribution in [0.3, 0.4) is 0 Å². The van der Waals surface area contributed by atoms with Gasteiger partial charge in [0.1, 0.15) is 6.10 Å². The minimum atomic E-state index is -0.313. The van der Waals surface area contributed by atoms with E-state index in [0.717, 1.165) is 40.6 Å². The van der Waals surface area contributed by atoms with Gasteiger partial charge < -0.3 is 9.47 Å².